The maximum Gasteiger partial charge on any atom is 0.407 e. The maximum absolute atomic E-state index is 14.0. The van der Waals surface area contributed by atoms with Crippen LogP contribution in [-0.4, -0.2) is 92.0 Å². The van der Waals surface area contributed by atoms with E-state index >= 15 is 0 Å². The third kappa shape index (κ3) is 4.70. The lowest BCUT2D eigenvalue weighted by Gasteiger charge is -2.53. The van der Waals surface area contributed by atoms with Crippen molar-refractivity contribution in [2.75, 3.05) is 45.1 Å². The fraction of sp³-hybridized carbons (Fsp3) is 0.556. The van der Waals surface area contributed by atoms with Crippen molar-refractivity contribution in [2.45, 2.75) is 50.3 Å². The lowest BCUT2D eigenvalue weighted by atomic mass is 9.66. The third-order valence-electron chi connectivity index (χ3n) is 8.76. The highest BCUT2D eigenvalue weighted by atomic mass is 16.4. The second-order valence-corrected chi connectivity index (χ2v) is 10.8. The number of carboxylic acid groups (broad SMARTS) is 1. The number of carbonyl (C=O) groups excluding carboxylic acids is 1. The molecule has 3 heterocycles. The molecule has 0 bridgehead atoms. The number of piperidine rings is 1. The van der Waals surface area contributed by atoms with Gasteiger partial charge in [0.25, 0.3) is 5.56 Å². The Morgan fingerprint density at radius 1 is 1.08 bits per heavy atom. The van der Waals surface area contributed by atoms with Crippen molar-refractivity contribution in [3.05, 3.63) is 58.6 Å². The molecule has 3 fully saturated rings. The fourth-order valence-electron chi connectivity index (χ4n) is 6.55. The first-order valence-corrected chi connectivity index (χ1v) is 13.3. The van der Waals surface area contributed by atoms with Crippen LogP contribution in [0.15, 0.2) is 47.5 Å². The van der Waals surface area contributed by atoms with Crippen LogP contribution in [0.25, 0.3) is 0 Å². The van der Waals surface area contributed by atoms with Gasteiger partial charge in [-0.3, -0.25) is 9.36 Å². The van der Waals surface area contributed by atoms with Crippen molar-refractivity contribution < 1.29 is 19.8 Å². The zero-order chi connectivity index (χ0) is 26.9. The molecule has 1 saturated carbocycles. The van der Waals surface area contributed by atoms with E-state index < -0.39 is 17.1 Å². The van der Waals surface area contributed by atoms with E-state index in [0.717, 1.165) is 31.2 Å². The van der Waals surface area contributed by atoms with E-state index in [2.05, 4.69) is 10.3 Å². The van der Waals surface area contributed by atoms with E-state index in [0.29, 0.717) is 31.9 Å². The van der Waals surface area contributed by atoms with Crippen LogP contribution in [0.2, 0.25) is 0 Å². The summed E-state index contributed by atoms with van der Waals surface area (Å²) in [7, 11) is 1.70. The summed E-state index contributed by atoms with van der Waals surface area (Å²) in [6, 6.07) is 10.4. The van der Waals surface area contributed by atoms with Crippen LogP contribution in [0.4, 0.5) is 15.4 Å². The highest BCUT2D eigenvalue weighted by Crippen LogP contribution is 2.51. The molecule has 38 heavy (non-hydrogen) atoms. The van der Waals surface area contributed by atoms with Gasteiger partial charge in [0.05, 0.1) is 24.5 Å². The molecule has 2 atom stereocenters. The van der Waals surface area contributed by atoms with E-state index in [-0.39, 0.29) is 37.3 Å². The van der Waals surface area contributed by atoms with Gasteiger partial charge in [0.15, 0.2) is 0 Å². The number of hydrogen-bond acceptors (Lipinski definition) is 6. The van der Waals surface area contributed by atoms with Gasteiger partial charge in [0.1, 0.15) is 5.82 Å². The number of aromatic nitrogens is 2. The highest BCUT2D eigenvalue weighted by molar-refractivity contribution is 5.76. The number of carbonyl (C=O) groups is 2. The molecule has 0 radical (unpaired) electrons. The van der Waals surface area contributed by atoms with Gasteiger partial charge in [-0.2, -0.15) is 0 Å². The standard InChI is InChI=1S/C27H36N6O5/c1-28-22-15-23(34)32(19-29-22)18-27(38)11-12-31(17-26(27)9-5-6-10-26)24(35)33-14-13-30(25(36)37)16-21(33)20-7-3-2-4-8-20/h2-4,7-8,15,19,21,28,38H,5-6,9-14,16-18H2,1H3,(H,36,37). The Morgan fingerprint density at radius 2 is 1.82 bits per heavy atom. The van der Waals surface area contributed by atoms with Gasteiger partial charge in [-0.15, -0.1) is 0 Å². The van der Waals surface area contributed by atoms with E-state index in [1.807, 2.05) is 35.2 Å². The number of nitrogens with zero attached hydrogens (tertiary/aromatic N) is 5. The van der Waals surface area contributed by atoms with Gasteiger partial charge < -0.3 is 30.2 Å². The summed E-state index contributed by atoms with van der Waals surface area (Å²) in [5.41, 5.74) is -1.000. The third-order valence-corrected chi connectivity index (χ3v) is 8.76. The number of nitrogens with one attached hydrogen (secondary N) is 1. The van der Waals surface area contributed by atoms with Gasteiger partial charge in [-0.05, 0) is 24.8 Å². The van der Waals surface area contributed by atoms with Crippen molar-refractivity contribution in [3.8, 4) is 0 Å². The average molecular weight is 525 g/mol. The van der Waals surface area contributed by atoms with Crippen molar-refractivity contribution in [2.24, 2.45) is 5.41 Å². The lowest BCUT2D eigenvalue weighted by molar-refractivity contribution is -0.137. The van der Waals surface area contributed by atoms with Crippen LogP contribution in [0.3, 0.4) is 0 Å². The van der Waals surface area contributed by atoms with Crippen LogP contribution >= 0.6 is 0 Å². The summed E-state index contributed by atoms with van der Waals surface area (Å²) in [5, 5.41) is 24.5. The monoisotopic (exact) mass is 524 g/mol. The number of rotatable bonds is 4. The minimum atomic E-state index is -1.15. The molecule has 11 nitrogen and oxygen atoms in total. The molecule has 1 spiro atoms. The van der Waals surface area contributed by atoms with Crippen LogP contribution < -0.4 is 10.9 Å². The van der Waals surface area contributed by atoms with Gasteiger partial charge in [0.2, 0.25) is 0 Å². The molecule has 1 aromatic heterocycles. The minimum absolute atomic E-state index is 0.130. The van der Waals surface area contributed by atoms with Crippen molar-refractivity contribution in [1.29, 1.82) is 0 Å². The van der Waals surface area contributed by atoms with Gasteiger partial charge in [0, 0.05) is 51.3 Å². The molecule has 1 aliphatic carbocycles. The van der Waals surface area contributed by atoms with Crippen LogP contribution in [0.1, 0.15) is 43.7 Å². The first-order valence-electron chi connectivity index (χ1n) is 13.3. The molecular weight excluding hydrogens is 488 g/mol. The van der Waals surface area contributed by atoms with Crippen molar-refractivity contribution >= 4 is 17.9 Å². The second kappa shape index (κ2) is 10.3. The summed E-state index contributed by atoms with van der Waals surface area (Å²) in [5.74, 6) is 0.477. The summed E-state index contributed by atoms with van der Waals surface area (Å²) in [4.78, 5) is 47.6. The molecule has 2 saturated heterocycles. The topological polar surface area (TPSA) is 131 Å². The van der Waals surface area contributed by atoms with Gasteiger partial charge in [-0.1, -0.05) is 43.2 Å². The van der Waals surface area contributed by atoms with Gasteiger partial charge >= 0.3 is 12.1 Å². The summed E-state index contributed by atoms with van der Waals surface area (Å²) >= 11 is 0. The van der Waals surface area contributed by atoms with E-state index in [9.17, 15) is 24.6 Å². The summed E-state index contributed by atoms with van der Waals surface area (Å²) in [6.45, 7) is 1.67. The number of hydrogen-bond donors (Lipinski definition) is 3. The quantitative estimate of drug-likeness (QED) is 0.560. The Kier molecular flexibility index (Phi) is 7.04. The Morgan fingerprint density at radius 3 is 2.47 bits per heavy atom. The van der Waals surface area contributed by atoms with E-state index in [1.165, 1.54) is 21.9 Å². The molecule has 3 aliphatic rings. The average Bonchev–Trinajstić information content (AvgIpc) is 3.41. The Bertz CT molecular complexity index is 1230. The highest BCUT2D eigenvalue weighted by Gasteiger charge is 2.56. The van der Waals surface area contributed by atoms with Crippen molar-refractivity contribution in [3.63, 3.8) is 0 Å². The van der Waals surface area contributed by atoms with Crippen LogP contribution in [0, 0.1) is 5.41 Å². The molecule has 5 rings (SSSR count). The molecule has 3 amide bonds. The first-order chi connectivity index (χ1) is 18.2. The Hall–Kier alpha value is -3.60. The number of anilines is 1. The van der Waals surface area contributed by atoms with Gasteiger partial charge in [-0.25, -0.2) is 14.6 Å². The smallest absolute Gasteiger partial charge is 0.407 e. The number of urea groups is 1. The molecule has 2 aliphatic heterocycles. The van der Waals surface area contributed by atoms with E-state index in [4.69, 9.17) is 0 Å². The summed E-state index contributed by atoms with van der Waals surface area (Å²) in [6.07, 6.45) is 4.31. The fourth-order valence-corrected chi connectivity index (χ4v) is 6.55. The zero-order valence-corrected chi connectivity index (χ0v) is 21.8. The predicted molar refractivity (Wildman–Crippen MR) is 141 cm³/mol. The van der Waals surface area contributed by atoms with E-state index in [1.54, 1.807) is 11.9 Å². The molecule has 11 heteroatoms. The zero-order valence-electron chi connectivity index (χ0n) is 21.8. The Labute approximate surface area is 221 Å². The number of likely N-dealkylation sites (tertiary alicyclic amines) is 1. The normalized spacial score (nSPS) is 25.0. The maximum atomic E-state index is 14.0. The number of aliphatic hydroxyl groups is 1. The molecule has 2 aromatic rings. The van der Waals surface area contributed by atoms with Crippen molar-refractivity contribution in [1.82, 2.24) is 24.3 Å². The van der Waals surface area contributed by atoms with Crippen LogP contribution in [0.5, 0.6) is 0 Å². The Balaban J connectivity index is 1.38. The molecule has 1 aromatic carbocycles. The molecule has 2 unspecified atom stereocenters. The number of amides is 3. The molecule has 3 N–H and O–H groups in total. The molecule has 204 valence electrons. The van der Waals surface area contributed by atoms with Crippen LogP contribution in [-0.2, 0) is 6.54 Å². The second-order valence-electron chi connectivity index (χ2n) is 10.8. The predicted octanol–water partition coefficient (Wildman–Crippen LogP) is 2.44. The minimum Gasteiger partial charge on any atom is -0.465 e. The summed E-state index contributed by atoms with van der Waals surface area (Å²) < 4.78 is 1.47. The number of benzene rings is 1. The first kappa shape index (κ1) is 26.0. The molecular formula is C27H36N6O5. The largest absolute Gasteiger partial charge is 0.465 e. The lowest BCUT2D eigenvalue weighted by Crippen LogP contribution is -2.64. The SMILES string of the molecule is CNc1cc(=O)n(CC2(O)CCN(C(=O)N3CCN(C(=O)O)CC3c3ccccc3)CC23CCCC3)cn1. The number of piperazine rings is 1.